The molecule has 0 saturated carbocycles. The molecule has 2 aromatic heterocycles. The summed E-state index contributed by atoms with van der Waals surface area (Å²) in [4.78, 5) is 11.1. The summed E-state index contributed by atoms with van der Waals surface area (Å²) in [5.74, 6) is 0.207. The average molecular weight is 278 g/mol. The number of nitrogens with one attached hydrogen (secondary N) is 2. The maximum atomic E-state index is 13.1. The number of aromatic nitrogens is 3. The molecule has 0 aliphatic rings. The summed E-state index contributed by atoms with van der Waals surface area (Å²) in [6, 6.07) is 6.15. The first-order chi connectivity index (χ1) is 9.13. The number of benzene rings is 1. The molecule has 0 aliphatic carbocycles. The van der Waals surface area contributed by atoms with Gasteiger partial charge in [0.2, 0.25) is 5.95 Å². The highest BCUT2D eigenvalue weighted by molar-refractivity contribution is 6.31. The molecule has 0 atom stereocenters. The van der Waals surface area contributed by atoms with E-state index in [1.54, 1.807) is 12.3 Å². The van der Waals surface area contributed by atoms with Crippen molar-refractivity contribution in [1.82, 2.24) is 15.0 Å². The summed E-state index contributed by atoms with van der Waals surface area (Å²) in [6.45, 7) is 0. The fraction of sp³-hybridized carbons (Fsp3) is 0. The van der Waals surface area contributed by atoms with Gasteiger partial charge in [0.25, 0.3) is 0 Å². The number of hydrogen-bond donors (Lipinski definition) is 3. The molecule has 2 heterocycles. The van der Waals surface area contributed by atoms with Crippen molar-refractivity contribution < 1.29 is 4.39 Å². The SMILES string of the molecule is Nc1nc(Nc2ccc(F)c(Cl)c2)c2cc[nH]c2n1. The van der Waals surface area contributed by atoms with Gasteiger partial charge in [-0.05, 0) is 24.3 Å². The fourth-order valence-electron chi connectivity index (χ4n) is 1.76. The summed E-state index contributed by atoms with van der Waals surface area (Å²) in [6.07, 6.45) is 1.74. The fourth-order valence-corrected chi connectivity index (χ4v) is 1.94. The lowest BCUT2D eigenvalue weighted by Gasteiger charge is -2.08. The number of nitrogens with two attached hydrogens (primary N) is 1. The van der Waals surface area contributed by atoms with E-state index in [2.05, 4.69) is 20.3 Å². The van der Waals surface area contributed by atoms with Gasteiger partial charge < -0.3 is 16.0 Å². The van der Waals surface area contributed by atoms with Crippen molar-refractivity contribution in [2.24, 2.45) is 0 Å². The van der Waals surface area contributed by atoms with E-state index in [0.29, 0.717) is 17.2 Å². The highest BCUT2D eigenvalue weighted by Gasteiger charge is 2.08. The van der Waals surface area contributed by atoms with Crippen LogP contribution in [0, 0.1) is 5.82 Å². The summed E-state index contributed by atoms with van der Waals surface area (Å²) < 4.78 is 13.1. The Balaban J connectivity index is 2.04. The number of anilines is 3. The van der Waals surface area contributed by atoms with E-state index in [0.717, 1.165) is 5.39 Å². The Hall–Kier alpha value is -2.34. The number of nitrogen functional groups attached to an aromatic ring is 1. The third-order valence-electron chi connectivity index (χ3n) is 2.62. The van der Waals surface area contributed by atoms with Crippen LogP contribution in [-0.4, -0.2) is 15.0 Å². The maximum Gasteiger partial charge on any atom is 0.224 e. The lowest BCUT2D eigenvalue weighted by molar-refractivity contribution is 0.628. The summed E-state index contributed by atoms with van der Waals surface area (Å²) in [5.41, 5.74) is 6.87. The number of fused-ring (bicyclic) bond motifs is 1. The van der Waals surface area contributed by atoms with Crippen molar-refractivity contribution in [1.29, 1.82) is 0 Å². The van der Waals surface area contributed by atoms with Gasteiger partial charge >= 0.3 is 0 Å². The average Bonchev–Trinajstić information content (AvgIpc) is 2.82. The molecule has 3 rings (SSSR count). The molecule has 0 amide bonds. The number of nitrogens with zero attached hydrogens (tertiary/aromatic N) is 2. The lowest BCUT2D eigenvalue weighted by atomic mass is 10.3. The van der Waals surface area contributed by atoms with Crippen LogP contribution < -0.4 is 11.1 Å². The van der Waals surface area contributed by atoms with E-state index >= 15 is 0 Å². The number of halogens is 2. The van der Waals surface area contributed by atoms with E-state index in [9.17, 15) is 4.39 Å². The van der Waals surface area contributed by atoms with E-state index in [1.165, 1.54) is 12.1 Å². The number of H-pyrrole nitrogens is 1. The van der Waals surface area contributed by atoms with Crippen LogP contribution in [0.25, 0.3) is 11.0 Å². The summed E-state index contributed by atoms with van der Waals surface area (Å²) in [5, 5.41) is 3.87. The molecule has 1 aromatic carbocycles. The standard InChI is InChI=1S/C12H9ClFN5/c13-8-5-6(1-2-9(8)14)17-11-7-3-4-16-10(7)18-12(15)19-11/h1-5H,(H4,15,16,17,18,19). The molecule has 0 spiro atoms. The van der Waals surface area contributed by atoms with Crippen LogP contribution >= 0.6 is 11.6 Å². The minimum Gasteiger partial charge on any atom is -0.368 e. The zero-order valence-electron chi connectivity index (χ0n) is 9.61. The molecule has 0 fully saturated rings. The molecule has 0 unspecified atom stereocenters. The van der Waals surface area contributed by atoms with E-state index in [4.69, 9.17) is 17.3 Å². The number of hydrogen-bond acceptors (Lipinski definition) is 4. The van der Waals surface area contributed by atoms with Gasteiger partial charge in [0, 0.05) is 11.9 Å². The first-order valence-electron chi connectivity index (χ1n) is 5.46. The Morgan fingerprint density at radius 1 is 1.26 bits per heavy atom. The molecule has 0 bridgehead atoms. The molecule has 96 valence electrons. The first-order valence-corrected chi connectivity index (χ1v) is 5.84. The number of rotatable bonds is 2. The number of aromatic amines is 1. The van der Waals surface area contributed by atoms with E-state index < -0.39 is 5.82 Å². The monoisotopic (exact) mass is 277 g/mol. The van der Waals surface area contributed by atoms with Crippen LogP contribution in [0.4, 0.5) is 21.8 Å². The molecule has 0 aliphatic heterocycles. The second-order valence-electron chi connectivity index (χ2n) is 3.92. The van der Waals surface area contributed by atoms with Crippen LogP contribution in [0.15, 0.2) is 30.5 Å². The molecule has 0 radical (unpaired) electrons. The quantitative estimate of drug-likeness (QED) is 0.672. The predicted octanol–water partition coefficient (Wildman–Crippen LogP) is 3.08. The molecule has 4 N–H and O–H groups in total. The van der Waals surface area contributed by atoms with Crippen molar-refractivity contribution in [3.05, 3.63) is 41.3 Å². The van der Waals surface area contributed by atoms with Crippen molar-refractivity contribution in [3.8, 4) is 0 Å². The normalized spacial score (nSPS) is 10.8. The molecule has 7 heteroatoms. The third kappa shape index (κ3) is 2.17. The Labute approximate surface area is 112 Å². The van der Waals surface area contributed by atoms with E-state index in [1.807, 2.05) is 6.07 Å². The van der Waals surface area contributed by atoms with Gasteiger partial charge in [-0.1, -0.05) is 11.6 Å². The van der Waals surface area contributed by atoms with Gasteiger partial charge in [-0.25, -0.2) is 4.39 Å². The van der Waals surface area contributed by atoms with Crippen LogP contribution in [0.1, 0.15) is 0 Å². The Kier molecular flexibility index (Phi) is 2.72. The van der Waals surface area contributed by atoms with Gasteiger partial charge in [-0.2, -0.15) is 9.97 Å². The van der Waals surface area contributed by atoms with Gasteiger partial charge in [0.1, 0.15) is 17.3 Å². The van der Waals surface area contributed by atoms with Crippen molar-refractivity contribution in [2.75, 3.05) is 11.1 Å². The molecule has 5 nitrogen and oxygen atoms in total. The first kappa shape index (κ1) is 11.7. The van der Waals surface area contributed by atoms with Crippen LogP contribution in [0.2, 0.25) is 5.02 Å². The van der Waals surface area contributed by atoms with Gasteiger partial charge in [-0.15, -0.1) is 0 Å². The minimum absolute atomic E-state index is 0.0392. The highest BCUT2D eigenvalue weighted by Crippen LogP contribution is 2.26. The second-order valence-corrected chi connectivity index (χ2v) is 4.33. The van der Waals surface area contributed by atoms with Crippen molar-refractivity contribution in [3.63, 3.8) is 0 Å². The van der Waals surface area contributed by atoms with Crippen LogP contribution in [0.5, 0.6) is 0 Å². The summed E-state index contributed by atoms with van der Waals surface area (Å²) in [7, 11) is 0. The zero-order valence-corrected chi connectivity index (χ0v) is 10.4. The van der Waals surface area contributed by atoms with Crippen molar-refractivity contribution in [2.45, 2.75) is 0 Å². The van der Waals surface area contributed by atoms with Gasteiger partial charge in [0.15, 0.2) is 0 Å². The largest absolute Gasteiger partial charge is 0.368 e. The van der Waals surface area contributed by atoms with E-state index in [-0.39, 0.29) is 11.0 Å². The lowest BCUT2D eigenvalue weighted by Crippen LogP contribution is -2.00. The summed E-state index contributed by atoms with van der Waals surface area (Å²) >= 11 is 5.73. The second kappa shape index (κ2) is 4.40. The smallest absolute Gasteiger partial charge is 0.224 e. The van der Waals surface area contributed by atoms with Crippen LogP contribution in [0.3, 0.4) is 0 Å². The topological polar surface area (TPSA) is 79.6 Å². The Morgan fingerprint density at radius 2 is 2.11 bits per heavy atom. The van der Waals surface area contributed by atoms with Gasteiger partial charge in [0.05, 0.1) is 10.4 Å². The Bertz CT molecular complexity index is 755. The van der Waals surface area contributed by atoms with Gasteiger partial charge in [-0.3, -0.25) is 0 Å². The molecule has 3 aromatic rings. The van der Waals surface area contributed by atoms with Crippen LogP contribution in [-0.2, 0) is 0 Å². The molecular weight excluding hydrogens is 269 g/mol. The third-order valence-corrected chi connectivity index (χ3v) is 2.90. The van der Waals surface area contributed by atoms with Crippen molar-refractivity contribution >= 4 is 40.1 Å². The molecule has 0 saturated heterocycles. The maximum absolute atomic E-state index is 13.1. The Morgan fingerprint density at radius 3 is 2.89 bits per heavy atom. The molecule has 19 heavy (non-hydrogen) atoms. The molecular formula is C12H9ClFN5. The predicted molar refractivity (Wildman–Crippen MR) is 73.0 cm³/mol. The zero-order chi connectivity index (χ0) is 13.4. The highest BCUT2D eigenvalue weighted by atomic mass is 35.5. The minimum atomic E-state index is -0.471.